The van der Waals surface area contributed by atoms with Gasteiger partial charge < -0.3 is 19.4 Å². The number of carboxylic acids is 1. The number of carbonyl (C=O) groups is 1. The Bertz CT molecular complexity index is 613. The Kier molecular flexibility index (Phi) is 3.69. The van der Waals surface area contributed by atoms with Gasteiger partial charge in [0.15, 0.2) is 0 Å². The maximum Gasteiger partial charge on any atom is 0.133 e. The van der Waals surface area contributed by atoms with Crippen molar-refractivity contribution < 1.29 is 14.4 Å². The number of hydrogen-bond acceptors (Lipinski definition) is 2. The molecule has 1 aromatic heterocycles. The standard InChI is InChI=1S/C14H17BrN2O2/c1-17(2,3)13(14(18)19)6-9-8-16-12-7-10(15)4-5-11(9)12/h4-5,7-8,13,16H,6H2,1-3H3. The van der Waals surface area contributed by atoms with E-state index in [1.165, 1.54) is 0 Å². The molecule has 1 atom stereocenters. The summed E-state index contributed by atoms with van der Waals surface area (Å²) in [5.41, 5.74) is 2.01. The topological polar surface area (TPSA) is 55.9 Å². The summed E-state index contributed by atoms with van der Waals surface area (Å²) in [6, 6.07) is 5.37. The van der Waals surface area contributed by atoms with Crippen LogP contribution in [0, 0.1) is 0 Å². The third-order valence-electron chi connectivity index (χ3n) is 3.35. The van der Waals surface area contributed by atoms with Crippen molar-refractivity contribution in [3.8, 4) is 0 Å². The Balaban J connectivity index is 2.37. The summed E-state index contributed by atoms with van der Waals surface area (Å²) in [5.74, 6) is -1.01. The lowest BCUT2D eigenvalue weighted by atomic mass is 10.0. The van der Waals surface area contributed by atoms with Crippen LogP contribution >= 0.6 is 15.9 Å². The number of aromatic nitrogens is 1. The molecule has 0 fully saturated rings. The molecule has 0 aliphatic carbocycles. The number of aliphatic carboxylic acids is 1. The van der Waals surface area contributed by atoms with E-state index in [-0.39, 0.29) is 0 Å². The van der Waals surface area contributed by atoms with Gasteiger partial charge >= 0.3 is 0 Å². The molecule has 2 rings (SSSR count). The van der Waals surface area contributed by atoms with Crippen molar-refractivity contribution in [2.75, 3.05) is 21.1 Å². The van der Waals surface area contributed by atoms with E-state index in [4.69, 9.17) is 0 Å². The fourth-order valence-electron chi connectivity index (χ4n) is 2.21. The third-order valence-corrected chi connectivity index (χ3v) is 3.84. The highest BCUT2D eigenvalue weighted by molar-refractivity contribution is 9.10. The molecule has 0 amide bonds. The van der Waals surface area contributed by atoms with Crippen molar-refractivity contribution in [3.05, 3.63) is 34.4 Å². The molecule has 0 saturated heterocycles. The fraction of sp³-hybridized carbons (Fsp3) is 0.357. The van der Waals surface area contributed by atoms with Gasteiger partial charge in [-0.1, -0.05) is 22.0 Å². The van der Waals surface area contributed by atoms with E-state index >= 15 is 0 Å². The number of benzene rings is 1. The van der Waals surface area contributed by atoms with Crippen LogP contribution in [0.25, 0.3) is 10.9 Å². The molecule has 0 aliphatic rings. The van der Waals surface area contributed by atoms with Gasteiger partial charge in [-0.3, -0.25) is 0 Å². The molecule has 1 heterocycles. The van der Waals surface area contributed by atoms with E-state index in [2.05, 4.69) is 20.9 Å². The van der Waals surface area contributed by atoms with Gasteiger partial charge in [0, 0.05) is 28.0 Å². The zero-order chi connectivity index (χ0) is 14.2. The summed E-state index contributed by atoms with van der Waals surface area (Å²) in [6.45, 7) is 0. The molecule has 5 heteroatoms. The lowest BCUT2D eigenvalue weighted by molar-refractivity contribution is -0.889. The van der Waals surface area contributed by atoms with Crippen LogP contribution in [0.2, 0.25) is 0 Å². The first-order valence-corrected chi connectivity index (χ1v) is 6.86. The van der Waals surface area contributed by atoms with E-state index in [0.717, 1.165) is 20.9 Å². The van der Waals surface area contributed by atoms with Crippen molar-refractivity contribution in [2.24, 2.45) is 0 Å². The molecular formula is C14H17BrN2O2. The first-order valence-electron chi connectivity index (χ1n) is 6.06. The molecular weight excluding hydrogens is 308 g/mol. The summed E-state index contributed by atoms with van der Waals surface area (Å²) in [7, 11) is 5.60. The second-order valence-corrected chi connectivity index (χ2v) is 6.57. The van der Waals surface area contributed by atoms with Crippen molar-refractivity contribution in [1.82, 2.24) is 4.98 Å². The largest absolute Gasteiger partial charge is 0.544 e. The van der Waals surface area contributed by atoms with Crippen LogP contribution in [-0.2, 0) is 11.2 Å². The van der Waals surface area contributed by atoms with E-state index < -0.39 is 12.0 Å². The number of H-pyrrole nitrogens is 1. The molecule has 0 spiro atoms. The average Bonchev–Trinajstić information content (AvgIpc) is 2.66. The number of nitrogens with one attached hydrogen (secondary N) is 1. The van der Waals surface area contributed by atoms with Gasteiger partial charge in [-0.15, -0.1) is 0 Å². The highest BCUT2D eigenvalue weighted by atomic mass is 79.9. The quantitative estimate of drug-likeness (QED) is 0.862. The van der Waals surface area contributed by atoms with Gasteiger partial charge in [0.25, 0.3) is 0 Å². The van der Waals surface area contributed by atoms with Gasteiger partial charge in [0.05, 0.1) is 27.1 Å². The highest BCUT2D eigenvalue weighted by Gasteiger charge is 2.26. The summed E-state index contributed by atoms with van der Waals surface area (Å²) < 4.78 is 1.34. The molecule has 1 aromatic carbocycles. The smallest absolute Gasteiger partial charge is 0.133 e. The molecule has 0 saturated carbocycles. The average molecular weight is 325 g/mol. The second-order valence-electron chi connectivity index (χ2n) is 5.66. The summed E-state index contributed by atoms with van der Waals surface area (Å²) >= 11 is 3.42. The number of nitrogens with zero attached hydrogens (tertiary/aromatic N) is 1. The van der Waals surface area contributed by atoms with E-state index in [9.17, 15) is 9.90 Å². The maximum atomic E-state index is 11.3. The molecule has 0 bridgehead atoms. The maximum absolute atomic E-state index is 11.3. The molecule has 1 unspecified atom stereocenters. The number of carboxylic acid groups (broad SMARTS) is 1. The fourth-order valence-corrected chi connectivity index (χ4v) is 2.57. The van der Waals surface area contributed by atoms with Gasteiger partial charge in [0.2, 0.25) is 0 Å². The van der Waals surface area contributed by atoms with Crippen molar-refractivity contribution >= 4 is 32.8 Å². The number of likely N-dealkylation sites (N-methyl/N-ethyl adjacent to an activating group) is 1. The van der Waals surface area contributed by atoms with E-state index in [1.54, 1.807) is 0 Å². The monoisotopic (exact) mass is 324 g/mol. The molecule has 102 valence electrons. The number of halogens is 1. The van der Waals surface area contributed by atoms with Gasteiger partial charge in [-0.25, -0.2) is 0 Å². The number of aromatic amines is 1. The lowest BCUT2D eigenvalue weighted by Gasteiger charge is -2.34. The van der Waals surface area contributed by atoms with Crippen LogP contribution in [0.1, 0.15) is 5.56 Å². The molecule has 1 N–H and O–H groups in total. The van der Waals surface area contributed by atoms with Gasteiger partial charge in [-0.05, 0) is 17.7 Å². The summed E-state index contributed by atoms with van der Waals surface area (Å²) in [5, 5.41) is 12.4. The molecule has 19 heavy (non-hydrogen) atoms. The van der Waals surface area contributed by atoms with E-state index in [1.807, 2.05) is 45.5 Å². The van der Waals surface area contributed by atoms with Crippen LogP contribution in [0.15, 0.2) is 28.9 Å². The Morgan fingerprint density at radius 1 is 1.42 bits per heavy atom. The first kappa shape index (κ1) is 14.1. The molecule has 0 aliphatic heterocycles. The zero-order valence-corrected chi connectivity index (χ0v) is 12.8. The van der Waals surface area contributed by atoms with E-state index in [0.29, 0.717) is 10.9 Å². The number of rotatable bonds is 4. The number of quaternary nitrogens is 1. The minimum Gasteiger partial charge on any atom is -0.544 e. The SMILES string of the molecule is C[N+](C)(C)C(Cc1c[nH]c2cc(Br)ccc12)C(=O)[O-]. The third kappa shape index (κ3) is 2.98. The van der Waals surface area contributed by atoms with Crippen LogP contribution < -0.4 is 5.11 Å². The Labute approximate surface area is 120 Å². The van der Waals surface area contributed by atoms with Crippen LogP contribution in [0.4, 0.5) is 0 Å². The van der Waals surface area contributed by atoms with Crippen LogP contribution in [-0.4, -0.2) is 42.6 Å². The number of carbonyl (C=O) groups excluding carboxylic acids is 1. The minimum atomic E-state index is -1.01. The second kappa shape index (κ2) is 4.98. The number of hydrogen-bond donors (Lipinski definition) is 1. The highest BCUT2D eigenvalue weighted by Crippen LogP contribution is 2.24. The molecule has 0 radical (unpaired) electrons. The predicted molar refractivity (Wildman–Crippen MR) is 76.5 cm³/mol. The van der Waals surface area contributed by atoms with Gasteiger partial charge in [0.1, 0.15) is 6.04 Å². The normalized spacial score (nSPS) is 13.7. The van der Waals surface area contributed by atoms with Crippen molar-refractivity contribution in [1.29, 1.82) is 0 Å². The summed E-state index contributed by atoms with van der Waals surface area (Å²) in [6.07, 6.45) is 2.33. The van der Waals surface area contributed by atoms with Crippen molar-refractivity contribution in [3.63, 3.8) is 0 Å². The van der Waals surface area contributed by atoms with Crippen molar-refractivity contribution in [2.45, 2.75) is 12.5 Å². The van der Waals surface area contributed by atoms with Gasteiger partial charge in [-0.2, -0.15) is 0 Å². The zero-order valence-electron chi connectivity index (χ0n) is 11.2. The van der Waals surface area contributed by atoms with Crippen LogP contribution in [0.3, 0.4) is 0 Å². The molecule has 2 aromatic rings. The number of fused-ring (bicyclic) bond motifs is 1. The Morgan fingerprint density at radius 2 is 2.11 bits per heavy atom. The first-order chi connectivity index (χ1) is 8.79. The Morgan fingerprint density at radius 3 is 2.68 bits per heavy atom. The Hall–Kier alpha value is -1.33. The summed E-state index contributed by atoms with van der Waals surface area (Å²) in [4.78, 5) is 14.5. The minimum absolute atomic E-state index is 0.339. The lowest BCUT2D eigenvalue weighted by Crippen LogP contribution is -2.55. The molecule has 4 nitrogen and oxygen atoms in total. The van der Waals surface area contributed by atoms with Crippen LogP contribution in [0.5, 0.6) is 0 Å². The predicted octanol–water partition coefficient (Wildman–Crippen LogP) is 1.30.